The van der Waals surface area contributed by atoms with E-state index in [-0.39, 0.29) is 5.56 Å². The van der Waals surface area contributed by atoms with Crippen LogP contribution in [-0.4, -0.2) is 24.3 Å². The van der Waals surface area contributed by atoms with Gasteiger partial charge >= 0.3 is 0 Å². The van der Waals surface area contributed by atoms with Gasteiger partial charge in [-0.1, -0.05) is 66.6 Å². The molecule has 0 fully saturated rings. The maximum atomic E-state index is 13.1. The topological polar surface area (TPSA) is 78.2 Å². The Kier molecular flexibility index (Phi) is 5.95. The molecule has 0 unspecified atom stereocenters. The Bertz CT molecular complexity index is 1490. The highest BCUT2D eigenvalue weighted by Gasteiger charge is 2.18. The first kappa shape index (κ1) is 21.7. The molecular formula is C24H22ClN5O2S. The molecule has 0 spiro atoms. The molecular weight excluding hydrogens is 458 g/mol. The van der Waals surface area contributed by atoms with Crippen molar-refractivity contribution in [2.24, 2.45) is 5.92 Å². The van der Waals surface area contributed by atoms with Gasteiger partial charge in [0.15, 0.2) is 5.16 Å². The summed E-state index contributed by atoms with van der Waals surface area (Å²) in [5.41, 5.74) is 2.45. The molecule has 9 heteroatoms. The van der Waals surface area contributed by atoms with Crippen LogP contribution in [0, 0.1) is 5.92 Å². The van der Waals surface area contributed by atoms with E-state index in [1.807, 2.05) is 59.0 Å². The molecule has 3 heterocycles. The monoisotopic (exact) mass is 479 g/mol. The van der Waals surface area contributed by atoms with Gasteiger partial charge in [-0.3, -0.25) is 13.8 Å². The van der Waals surface area contributed by atoms with E-state index in [4.69, 9.17) is 16.1 Å². The standard InChI is InChI=1S/C24H22ClN5O2S/c1-15(2)11-12-29-22(31)19-5-3-4-6-21(19)30-23(29)26-27-24(30)33-14-18-13-20(28-32-18)16-7-9-17(25)10-8-16/h3-10,13,15H,11-12,14H2,1-2H3. The molecule has 3 aromatic heterocycles. The van der Waals surface area contributed by atoms with Crippen LogP contribution in [0.1, 0.15) is 26.0 Å². The molecule has 0 saturated carbocycles. The summed E-state index contributed by atoms with van der Waals surface area (Å²) in [6, 6.07) is 17.0. The van der Waals surface area contributed by atoms with E-state index >= 15 is 0 Å². The largest absolute Gasteiger partial charge is 0.360 e. The average molecular weight is 480 g/mol. The van der Waals surface area contributed by atoms with Gasteiger partial charge in [0.1, 0.15) is 11.5 Å². The summed E-state index contributed by atoms with van der Waals surface area (Å²) in [7, 11) is 0. The van der Waals surface area contributed by atoms with E-state index in [0.717, 1.165) is 29.0 Å². The number of thioether (sulfide) groups is 1. The van der Waals surface area contributed by atoms with Crippen molar-refractivity contribution in [1.82, 2.24) is 24.3 Å². The third kappa shape index (κ3) is 4.28. The highest BCUT2D eigenvalue weighted by molar-refractivity contribution is 7.98. The van der Waals surface area contributed by atoms with E-state index in [2.05, 4.69) is 29.2 Å². The van der Waals surface area contributed by atoms with Gasteiger partial charge in [0.2, 0.25) is 5.78 Å². The number of aryl methyl sites for hydroxylation is 1. The SMILES string of the molecule is CC(C)CCn1c(=O)c2ccccc2n2c(SCc3cc(-c4ccc(Cl)cc4)no3)nnc12. The molecule has 0 atom stereocenters. The van der Waals surface area contributed by atoms with Gasteiger partial charge in [0.25, 0.3) is 5.56 Å². The Labute approximate surface area is 199 Å². The lowest BCUT2D eigenvalue weighted by molar-refractivity contribution is 0.397. The normalized spacial score (nSPS) is 11.8. The number of benzene rings is 2. The maximum absolute atomic E-state index is 13.1. The molecule has 0 radical (unpaired) electrons. The first-order valence-corrected chi connectivity index (χ1v) is 12.1. The van der Waals surface area contributed by atoms with Gasteiger partial charge in [0.05, 0.1) is 16.7 Å². The van der Waals surface area contributed by atoms with E-state index in [9.17, 15) is 4.79 Å². The van der Waals surface area contributed by atoms with Gasteiger partial charge < -0.3 is 4.52 Å². The zero-order valence-corrected chi connectivity index (χ0v) is 19.8. The Morgan fingerprint density at radius 3 is 2.67 bits per heavy atom. The molecule has 0 aliphatic heterocycles. The lowest BCUT2D eigenvalue weighted by atomic mass is 10.1. The van der Waals surface area contributed by atoms with Crippen LogP contribution in [0.5, 0.6) is 0 Å². The van der Waals surface area contributed by atoms with Gasteiger partial charge in [-0.2, -0.15) is 0 Å². The first-order valence-electron chi connectivity index (χ1n) is 10.7. The molecule has 168 valence electrons. The molecule has 0 aliphatic carbocycles. The van der Waals surface area contributed by atoms with Crippen LogP contribution in [0.2, 0.25) is 5.02 Å². The number of para-hydroxylation sites is 1. The van der Waals surface area contributed by atoms with Crippen molar-refractivity contribution >= 4 is 40.0 Å². The Hall–Kier alpha value is -3.10. The Morgan fingerprint density at radius 1 is 1.09 bits per heavy atom. The molecule has 0 bridgehead atoms. The Balaban J connectivity index is 1.48. The minimum atomic E-state index is -0.0365. The highest BCUT2D eigenvalue weighted by Crippen LogP contribution is 2.27. The van der Waals surface area contributed by atoms with Crippen LogP contribution in [0.4, 0.5) is 0 Å². The van der Waals surface area contributed by atoms with Crippen LogP contribution in [0.15, 0.2) is 69.1 Å². The fraction of sp³-hybridized carbons (Fsp3) is 0.250. The lowest BCUT2D eigenvalue weighted by Crippen LogP contribution is -2.24. The summed E-state index contributed by atoms with van der Waals surface area (Å²) in [4.78, 5) is 13.1. The summed E-state index contributed by atoms with van der Waals surface area (Å²) in [6.07, 6.45) is 0.884. The van der Waals surface area contributed by atoms with Crippen molar-refractivity contribution in [1.29, 1.82) is 0 Å². The van der Waals surface area contributed by atoms with Crippen LogP contribution < -0.4 is 5.56 Å². The molecule has 0 N–H and O–H groups in total. The molecule has 5 aromatic rings. The fourth-order valence-electron chi connectivity index (χ4n) is 3.69. The molecule has 0 amide bonds. The number of fused-ring (bicyclic) bond motifs is 3. The van der Waals surface area contributed by atoms with Crippen molar-refractivity contribution in [3.8, 4) is 11.3 Å². The zero-order valence-electron chi connectivity index (χ0n) is 18.2. The highest BCUT2D eigenvalue weighted by atomic mass is 35.5. The van der Waals surface area contributed by atoms with Crippen LogP contribution >= 0.6 is 23.4 Å². The minimum Gasteiger partial charge on any atom is -0.360 e. The van der Waals surface area contributed by atoms with Crippen molar-refractivity contribution in [3.05, 3.63) is 75.7 Å². The summed E-state index contributed by atoms with van der Waals surface area (Å²) < 4.78 is 9.22. The number of rotatable bonds is 7. The number of aromatic nitrogens is 5. The van der Waals surface area contributed by atoms with Crippen molar-refractivity contribution in [2.45, 2.75) is 37.7 Å². The predicted molar refractivity (Wildman–Crippen MR) is 131 cm³/mol. The van der Waals surface area contributed by atoms with E-state index < -0.39 is 0 Å². The fourth-order valence-corrected chi connectivity index (χ4v) is 4.63. The summed E-state index contributed by atoms with van der Waals surface area (Å²) in [6.45, 7) is 4.88. The summed E-state index contributed by atoms with van der Waals surface area (Å²) in [5, 5.41) is 15.0. The van der Waals surface area contributed by atoms with Gasteiger partial charge in [-0.05, 0) is 36.6 Å². The third-order valence-corrected chi connectivity index (χ3v) is 6.65. The second kappa shape index (κ2) is 9.03. The van der Waals surface area contributed by atoms with E-state index in [1.54, 1.807) is 4.57 Å². The van der Waals surface area contributed by atoms with Gasteiger partial charge in [0, 0.05) is 23.2 Å². The van der Waals surface area contributed by atoms with Crippen LogP contribution in [0.25, 0.3) is 27.9 Å². The molecule has 0 saturated heterocycles. The molecule has 0 aliphatic rings. The van der Waals surface area contributed by atoms with Crippen molar-refractivity contribution in [3.63, 3.8) is 0 Å². The second-order valence-electron chi connectivity index (χ2n) is 8.25. The van der Waals surface area contributed by atoms with Gasteiger partial charge in [-0.15, -0.1) is 10.2 Å². The number of nitrogens with zero attached hydrogens (tertiary/aromatic N) is 5. The minimum absolute atomic E-state index is 0.0365. The molecule has 7 nitrogen and oxygen atoms in total. The maximum Gasteiger partial charge on any atom is 0.262 e. The number of hydrogen-bond donors (Lipinski definition) is 0. The van der Waals surface area contributed by atoms with Crippen LogP contribution in [0.3, 0.4) is 0 Å². The van der Waals surface area contributed by atoms with E-state index in [0.29, 0.717) is 39.6 Å². The first-order chi connectivity index (χ1) is 16.0. The lowest BCUT2D eigenvalue weighted by Gasteiger charge is -2.12. The second-order valence-corrected chi connectivity index (χ2v) is 9.63. The number of hydrogen-bond acceptors (Lipinski definition) is 6. The third-order valence-electron chi connectivity index (χ3n) is 5.45. The quantitative estimate of drug-likeness (QED) is 0.279. The Morgan fingerprint density at radius 2 is 1.88 bits per heavy atom. The smallest absolute Gasteiger partial charge is 0.262 e. The predicted octanol–water partition coefficient (Wildman–Crippen LogP) is 5.69. The zero-order chi connectivity index (χ0) is 22.9. The van der Waals surface area contributed by atoms with Crippen molar-refractivity contribution < 1.29 is 4.52 Å². The molecule has 5 rings (SSSR count). The molecule has 2 aromatic carbocycles. The molecule has 33 heavy (non-hydrogen) atoms. The summed E-state index contributed by atoms with van der Waals surface area (Å²) in [5.74, 6) is 2.28. The number of halogens is 1. The summed E-state index contributed by atoms with van der Waals surface area (Å²) >= 11 is 7.47. The van der Waals surface area contributed by atoms with E-state index in [1.165, 1.54) is 11.8 Å². The average Bonchev–Trinajstić information content (AvgIpc) is 3.45. The van der Waals surface area contributed by atoms with Crippen molar-refractivity contribution in [2.75, 3.05) is 0 Å². The van der Waals surface area contributed by atoms with Gasteiger partial charge in [-0.25, -0.2) is 0 Å². The van der Waals surface area contributed by atoms with Crippen LogP contribution in [-0.2, 0) is 12.3 Å².